The molecule has 0 spiro atoms. The number of nitrogens with two attached hydrogens (primary N) is 1. The fourth-order valence-corrected chi connectivity index (χ4v) is 4.07. The summed E-state index contributed by atoms with van der Waals surface area (Å²) < 4.78 is 7.58. The lowest BCUT2D eigenvalue weighted by Crippen LogP contribution is -2.17. The van der Waals surface area contributed by atoms with Crippen LogP contribution in [0, 0.1) is 0 Å². The molecule has 2 unspecified atom stereocenters. The molecule has 1 aromatic heterocycles. The van der Waals surface area contributed by atoms with Gasteiger partial charge in [0.15, 0.2) is 0 Å². The Morgan fingerprint density at radius 3 is 3.00 bits per heavy atom. The van der Waals surface area contributed by atoms with E-state index in [9.17, 15) is 0 Å². The molecule has 2 aromatic rings. The number of benzene rings is 1. The van der Waals surface area contributed by atoms with Gasteiger partial charge in [0.1, 0.15) is 11.3 Å². The van der Waals surface area contributed by atoms with Gasteiger partial charge in [-0.1, -0.05) is 12.5 Å². The Morgan fingerprint density at radius 2 is 2.26 bits per heavy atom. The lowest BCUT2D eigenvalue weighted by atomic mass is 10.2. The van der Waals surface area contributed by atoms with E-state index in [0.29, 0.717) is 17.2 Å². The summed E-state index contributed by atoms with van der Waals surface area (Å²) in [6.45, 7) is 0. The van der Waals surface area contributed by atoms with E-state index in [1.54, 1.807) is 7.11 Å². The second kappa shape index (κ2) is 4.96. The highest BCUT2D eigenvalue weighted by Crippen LogP contribution is 2.41. The Bertz CT molecular complexity index is 596. The molecule has 2 atom stereocenters. The third kappa shape index (κ3) is 1.96. The van der Waals surface area contributed by atoms with Gasteiger partial charge >= 0.3 is 0 Å². The van der Waals surface area contributed by atoms with E-state index in [1.807, 2.05) is 23.9 Å². The molecule has 1 saturated carbocycles. The van der Waals surface area contributed by atoms with E-state index in [0.717, 1.165) is 16.8 Å². The van der Waals surface area contributed by atoms with Crippen LogP contribution in [-0.4, -0.2) is 28.2 Å². The first-order valence-electron chi connectivity index (χ1n) is 6.59. The minimum Gasteiger partial charge on any atom is -0.494 e. The van der Waals surface area contributed by atoms with E-state index >= 15 is 0 Å². The Kier molecular flexibility index (Phi) is 3.31. The summed E-state index contributed by atoms with van der Waals surface area (Å²) in [5.41, 5.74) is 8.12. The van der Waals surface area contributed by atoms with Crippen molar-refractivity contribution in [3.05, 3.63) is 18.2 Å². The first-order chi connectivity index (χ1) is 9.26. The summed E-state index contributed by atoms with van der Waals surface area (Å²) in [4.78, 5) is 4.50. The monoisotopic (exact) mass is 277 g/mol. The minimum absolute atomic E-state index is 0.451. The molecule has 2 N–H and O–H groups in total. The number of hydrogen-bond acceptors (Lipinski definition) is 4. The Morgan fingerprint density at radius 1 is 1.42 bits per heavy atom. The van der Waals surface area contributed by atoms with Crippen molar-refractivity contribution in [3.63, 3.8) is 0 Å². The van der Waals surface area contributed by atoms with Crippen LogP contribution in [0.4, 0.5) is 5.95 Å². The second-order valence-electron chi connectivity index (χ2n) is 4.94. The van der Waals surface area contributed by atoms with Gasteiger partial charge in [-0.2, -0.15) is 11.8 Å². The van der Waals surface area contributed by atoms with Crippen molar-refractivity contribution in [1.82, 2.24) is 9.55 Å². The third-order valence-electron chi connectivity index (χ3n) is 3.98. The maximum atomic E-state index is 6.16. The van der Waals surface area contributed by atoms with E-state index in [1.165, 1.54) is 19.3 Å². The molecule has 1 aliphatic carbocycles. The number of anilines is 1. The third-order valence-corrected chi connectivity index (χ3v) is 5.14. The van der Waals surface area contributed by atoms with Crippen molar-refractivity contribution in [2.75, 3.05) is 19.1 Å². The molecule has 0 radical (unpaired) electrons. The number of fused-ring (bicyclic) bond motifs is 1. The fourth-order valence-electron chi connectivity index (χ4n) is 3.10. The zero-order valence-electron chi connectivity index (χ0n) is 11.3. The predicted molar refractivity (Wildman–Crippen MR) is 80.9 cm³/mol. The molecule has 1 fully saturated rings. The summed E-state index contributed by atoms with van der Waals surface area (Å²) >= 11 is 1.93. The Balaban J connectivity index is 2.15. The average molecular weight is 277 g/mol. The van der Waals surface area contributed by atoms with Crippen LogP contribution in [0.3, 0.4) is 0 Å². The van der Waals surface area contributed by atoms with Crippen LogP contribution in [0.15, 0.2) is 18.2 Å². The lowest BCUT2D eigenvalue weighted by Gasteiger charge is -2.21. The molecule has 0 amide bonds. The maximum Gasteiger partial charge on any atom is 0.201 e. The largest absolute Gasteiger partial charge is 0.494 e. The summed E-state index contributed by atoms with van der Waals surface area (Å²) in [6, 6.07) is 6.46. The maximum absolute atomic E-state index is 6.16. The summed E-state index contributed by atoms with van der Waals surface area (Å²) in [5, 5.41) is 0.630. The molecule has 1 aromatic carbocycles. The molecule has 102 valence electrons. The van der Waals surface area contributed by atoms with Crippen LogP contribution < -0.4 is 10.5 Å². The molecule has 3 rings (SSSR count). The van der Waals surface area contributed by atoms with Crippen molar-refractivity contribution >= 4 is 28.7 Å². The van der Waals surface area contributed by atoms with Gasteiger partial charge in [-0.25, -0.2) is 4.98 Å². The topological polar surface area (TPSA) is 53.1 Å². The zero-order chi connectivity index (χ0) is 13.4. The van der Waals surface area contributed by atoms with Crippen molar-refractivity contribution in [1.29, 1.82) is 0 Å². The van der Waals surface area contributed by atoms with Gasteiger partial charge in [-0.3, -0.25) is 0 Å². The standard InChI is InChI=1S/C14H19N3OS/c1-18-11-7-3-6-10-13(11)16-14(15)17(10)9-5-4-8-12(9)19-2/h3,6-7,9,12H,4-5,8H2,1-2H3,(H2,15,16). The molecule has 19 heavy (non-hydrogen) atoms. The van der Waals surface area contributed by atoms with E-state index in [4.69, 9.17) is 10.5 Å². The fraction of sp³-hybridized carbons (Fsp3) is 0.500. The number of hydrogen-bond donors (Lipinski definition) is 1. The minimum atomic E-state index is 0.451. The van der Waals surface area contributed by atoms with Gasteiger partial charge in [0.05, 0.1) is 12.6 Å². The number of imidazole rings is 1. The molecule has 5 heteroatoms. The average Bonchev–Trinajstić information content (AvgIpc) is 3.00. The number of ether oxygens (including phenoxy) is 1. The van der Waals surface area contributed by atoms with Gasteiger partial charge in [0.2, 0.25) is 5.95 Å². The number of methoxy groups -OCH3 is 1. The zero-order valence-corrected chi connectivity index (χ0v) is 12.1. The molecule has 1 heterocycles. The van der Waals surface area contributed by atoms with Crippen molar-refractivity contribution in [3.8, 4) is 5.75 Å². The molecule has 4 nitrogen and oxygen atoms in total. The Labute approximate surface area is 117 Å². The van der Waals surface area contributed by atoms with Crippen LogP contribution >= 0.6 is 11.8 Å². The summed E-state index contributed by atoms with van der Waals surface area (Å²) in [7, 11) is 1.67. The first-order valence-corrected chi connectivity index (χ1v) is 7.88. The van der Waals surface area contributed by atoms with Crippen LogP contribution in [0.25, 0.3) is 11.0 Å². The van der Waals surface area contributed by atoms with Crippen molar-refractivity contribution in [2.45, 2.75) is 30.6 Å². The smallest absolute Gasteiger partial charge is 0.201 e. The second-order valence-corrected chi connectivity index (χ2v) is 6.02. The molecular weight excluding hydrogens is 258 g/mol. The van der Waals surface area contributed by atoms with Gasteiger partial charge < -0.3 is 15.0 Å². The van der Waals surface area contributed by atoms with Gasteiger partial charge in [0, 0.05) is 11.3 Å². The molecule has 0 aliphatic heterocycles. The number of para-hydroxylation sites is 1. The highest BCUT2D eigenvalue weighted by atomic mass is 32.2. The van der Waals surface area contributed by atoms with Gasteiger partial charge in [-0.15, -0.1) is 0 Å². The van der Waals surface area contributed by atoms with Crippen LogP contribution in [0.2, 0.25) is 0 Å². The molecule has 0 saturated heterocycles. The first kappa shape index (κ1) is 12.7. The van der Waals surface area contributed by atoms with Crippen LogP contribution in [-0.2, 0) is 0 Å². The Hall–Kier alpha value is -1.36. The van der Waals surface area contributed by atoms with Crippen molar-refractivity contribution in [2.24, 2.45) is 0 Å². The summed E-state index contributed by atoms with van der Waals surface area (Å²) in [5.74, 6) is 1.40. The number of nitrogen functional groups attached to an aromatic ring is 1. The summed E-state index contributed by atoms with van der Waals surface area (Å²) in [6.07, 6.45) is 5.88. The molecule has 0 bridgehead atoms. The SMILES string of the molecule is COc1cccc2c1nc(N)n2C1CCCC1SC. The number of aromatic nitrogens is 2. The molecular formula is C14H19N3OS. The quantitative estimate of drug-likeness (QED) is 0.936. The van der Waals surface area contributed by atoms with E-state index in [-0.39, 0.29) is 0 Å². The van der Waals surface area contributed by atoms with E-state index in [2.05, 4.69) is 21.9 Å². The van der Waals surface area contributed by atoms with Crippen LogP contribution in [0.1, 0.15) is 25.3 Å². The lowest BCUT2D eigenvalue weighted by molar-refractivity contribution is 0.419. The highest BCUT2D eigenvalue weighted by Gasteiger charge is 2.30. The number of rotatable bonds is 3. The van der Waals surface area contributed by atoms with Crippen LogP contribution in [0.5, 0.6) is 5.75 Å². The van der Waals surface area contributed by atoms with E-state index < -0.39 is 0 Å². The number of nitrogens with zero attached hydrogens (tertiary/aromatic N) is 2. The highest BCUT2D eigenvalue weighted by molar-refractivity contribution is 7.99. The van der Waals surface area contributed by atoms with Gasteiger partial charge in [-0.05, 0) is 31.2 Å². The predicted octanol–water partition coefficient (Wildman–Crippen LogP) is 3.08. The normalized spacial score (nSPS) is 23.1. The van der Waals surface area contributed by atoms with Gasteiger partial charge in [0.25, 0.3) is 0 Å². The number of thioether (sulfide) groups is 1. The van der Waals surface area contributed by atoms with Crippen molar-refractivity contribution < 1.29 is 4.74 Å². The molecule has 1 aliphatic rings.